The van der Waals surface area contributed by atoms with E-state index in [2.05, 4.69) is 46.7 Å². The second-order valence-electron chi connectivity index (χ2n) is 5.76. The molecule has 20 heavy (non-hydrogen) atoms. The molecule has 0 bridgehead atoms. The van der Waals surface area contributed by atoms with Crippen LogP contribution in [-0.4, -0.2) is 51.3 Å². The summed E-state index contributed by atoms with van der Waals surface area (Å²) >= 11 is 1.81. The number of hydrogen-bond donors (Lipinski definition) is 1. The summed E-state index contributed by atoms with van der Waals surface area (Å²) in [5.74, 6) is 0.967. The lowest BCUT2D eigenvalue weighted by Gasteiger charge is -2.27. The van der Waals surface area contributed by atoms with E-state index in [1.807, 2.05) is 18.4 Å². The highest BCUT2D eigenvalue weighted by Crippen LogP contribution is 2.26. The molecule has 0 aromatic carbocycles. The summed E-state index contributed by atoms with van der Waals surface area (Å²) in [5.41, 5.74) is 0.241. The van der Waals surface area contributed by atoms with Gasteiger partial charge in [0, 0.05) is 44.1 Å². The predicted octanol–water partition coefficient (Wildman–Crippen LogP) is 2.22. The van der Waals surface area contributed by atoms with Crippen LogP contribution in [0.25, 0.3) is 0 Å². The largest absolute Gasteiger partial charge is 0.381 e. The van der Waals surface area contributed by atoms with Gasteiger partial charge < -0.3 is 15.0 Å². The molecule has 0 saturated carbocycles. The average Bonchev–Trinajstić information content (AvgIpc) is 3.09. The summed E-state index contributed by atoms with van der Waals surface area (Å²) in [4.78, 5) is 7.99. The molecule has 1 aliphatic heterocycles. The Balaban J connectivity index is 1.78. The van der Waals surface area contributed by atoms with Crippen molar-refractivity contribution in [3.05, 3.63) is 22.4 Å². The molecule has 1 N–H and O–H groups in total. The molecule has 1 saturated heterocycles. The summed E-state index contributed by atoms with van der Waals surface area (Å²) in [5, 5.41) is 5.61. The molecule has 1 fully saturated rings. The Morgan fingerprint density at radius 2 is 2.45 bits per heavy atom. The number of rotatable bonds is 5. The van der Waals surface area contributed by atoms with Gasteiger partial charge in [-0.15, -0.1) is 11.3 Å². The summed E-state index contributed by atoms with van der Waals surface area (Å²) < 4.78 is 5.49. The van der Waals surface area contributed by atoms with Crippen LogP contribution in [0.2, 0.25) is 0 Å². The molecular weight excluding hydrogens is 270 g/mol. The number of guanidine groups is 1. The minimum absolute atomic E-state index is 0.241. The van der Waals surface area contributed by atoms with Crippen LogP contribution in [0.3, 0.4) is 0 Å². The molecule has 5 heteroatoms. The first-order chi connectivity index (χ1) is 9.63. The van der Waals surface area contributed by atoms with Crippen molar-refractivity contribution in [3.8, 4) is 0 Å². The van der Waals surface area contributed by atoms with Gasteiger partial charge in [0.05, 0.1) is 6.61 Å². The van der Waals surface area contributed by atoms with Crippen molar-refractivity contribution < 1.29 is 4.74 Å². The molecule has 0 radical (unpaired) electrons. The fourth-order valence-electron chi connectivity index (χ4n) is 2.36. The maximum absolute atomic E-state index is 5.49. The van der Waals surface area contributed by atoms with Gasteiger partial charge in [0.1, 0.15) is 0 Å². The summed E-state index contributed by atoms with van der Waals surface area (Å²) in [6, 6.07) is 4.29. The zero-order valence-corrected chi connectivity index (χ0v) is 13.5. The lowest BCUT2D eigenvalue weighted by atomic mass is 9.90. The standard InChI is InChI=1S/C15H25N3OS/c1-15(7-9-19-12-15)11-17-14(16-2)18(3)8-6-13-5-4-10-20-13/h4-5,10H,6-9,11-12H2,1-3H3,(H,16,17). The zero-order valence-electron chi connectivity index (χ0n) is 12.7. The second kappa shape index (κ2) is 7.09. The number of aliphatic imine (C=N–C) groups is 1. The molecule has 1 atom stereocenters. The molecule has 0 spiro atoms. The molecule has 2 rings (SSSR count). The summed E-state index contributed by atoms with van der Waals surface area (Å²) in [7, 11) is 3.94. The fourth-order valence-corrected chi connectivity index (χ4v) is 3.06. The van der Waals surface area contributed by atoms with Gasteiger partial charge in [0.25, 0.3) is 0 Å². The SMILES string of the molecule is CN=C(NCC1(C)CCOC1)N(C)CCc1cccs1. The second-order valence-corrected chi connectivity index (χ2v) is 6.80. The van der Waals surface area contributed by atoms with Crippen LogP contribution in [0, 0.1) is 5.41 Å². The Labute approximate surface area is 125 Å². The minimum atomic E-state index is 0.241. The Hall–Kier alpha value is -1.07. The van der Waals surface area contributed by atoms with Crippen molar-refractivity contribution in [2.45, 2.75) is 19.8 Å². The molecule has 0 amide bonds. The Kier molecular flexibility index (Phi) is 5.43. The van der Waals surface area contributed by atoms with Crippen molar-refractivity contribution in [2.75, 3.05) is 40.4 Å². The number of ether oxygens (including phenoxy) is 1. The maximum atomic E-state index is 5.49. The Bertz CT molecular complexity index is 424. The molecule has 4 nitrogen and oxygen atoms in total. The molecule has 1 aromatic rings. The van der Waals surface area contributed by atoms with Crippen LogP contribution >= 0.6 is 11.3 Å². The van der Waals surface area contributed by atoms with E-state index in [-0.39, 0.29) is 5.41 Å². The fraction of sp³-hybridized carbons (Fsp3) is 0.667. The van der Waals surface area contributed by atoms with Gasteiger partial charge in [-0.2, -0.15) is 0 Å². The van der Waals surface area contributed by atoms with E-state index < -0.39 is 0 Å². The molecular formula is C15H25N3OS. The number of thiophene rings is 1. The minimum Gasteiger partial charge on any atom is -0.381 e. The van der Waals surface area contributed by atoms with E-state index in [4.69, 9.17) is 4.74 Å². The molecule has 112 valence electrons. The van der Waals surface area contributed by atoms with Crippen molar-refractivity contribution in [3.63, 3.8) is 0 Å². The quantitative estimate of drug-likeness (QED) is 0.668. The third-order valence-electron chi connectivity index (χ3n) is 3.82. The Morgan fingerprint density at radius 1 is 1.60 bits per heavy atom. The highest BCUT2D eigenvalue weighted by atomic mass is 32.1. The van der Waals surface area contributed by atoms with Crippen molar-refractivity contribution in [2.24, 2.45) is 10.4 Å². The van der Waals surface area contributed by atoms with Crippen LogP contribution in [0.5, 0.6) is 0 Å². The van der Waals surface area contributed by atoms with Crippen molar-refractivity contribution in [1.29, 1.82) is 0 Å². The first kappa shape index (κ1) is 15.3. The molecule has 0 aliphatic carbocycles. The van der Waals surface area contributed by atoms with Gasteiger partial charge in [0.2, 0.25) is 0 Å². The van der Waals surface area contributed by atoms with E-state index in [9.17, 15) is 0 Å². The van der Waals surface area contributed by atoms with E-state index in [1.165, 1.54) is 4.88 Å². The Morgan fingerprint density at radius 3 is 3.05 bits per heavy atom. The van der Waals surface area contributed by atoms with Gasteiger partial charge in [0.15, 0.2) is 5.96 Å². The van der Waals surface area contributed by atoms with Gasteiger partial charge >= 0.3 is 0 Å². The predicted molar refractivity (Wildman–Crippen MR) is 85.6 cm³/mol. The first-order valence-electron chi connectivity index (χ1n) is 7.15. The molecule has 1 unspecified atom stereocenters. The summed E-state index contributed by atoms with van der Waals surface area (Å²) in [6.07, 6.45) is 2.19. The molecule has 1 aliphatic rings. The van der Waals surface area contributed by atoms with E-state index in [0.29, 0.717) is 0 Å². The first-order valence-corrected chi connectivity index (χ1v) is 8.03. The highest BCUT2D eigenvalue weighted by molar-refractivity contribution is 7.09. The topological polar surface area (TPSA) is 36.9 Å². The number of nitrogens with one attached hydrogen (secondary N) is 1. The average molecular weight is 295 g/mol. The van der Waals surface area contributed by atoms with Crippen LogP contribution < -0.4 is 5.32 Å². The van der Waals surface area contributed by atoms with Crippen molar-refractivity contribution in [1.82, 2.24) is 10.2 Å². The zero-order chi connectivity index (χ0) is 14.4. The summed E-state index contributed by atoms with van der Waals surface area (Å²) in [6.45, 7) is 5.89. The monoisotopic (exact) mass is 295 g/mol. The van der Waals surface area contributed by atoms with Crippen LogP contribution in [-0.2, 0) is 11.2 Å². The van der Waals surface area contributed by atoms with Crippen LogP contribution in [0.15, 0.2) is 22.5 Å². The lowest BCUT2D eigenvalue weighted by molar-refractivity contribution is 0.160. The van der Waals surface area contributed by atoms with Crippen LogP contribution in [0.4, 0.5) is 0 Å². The smallest absolute Gasteiger partial charge is 0.193 e. The maximum Gasteiger partial charge on any atom is 0.193 e. The van der Waals surface area contributed by atoms with E-state index in [0.717, 1.165) is 45.1 Å². The van der Waals surface area contributed by atoms with Gasteiger partial charge in [-0.1, -0.05) is 13.0 Å². The third kappa shape index (κ3) is 4.21. The molecule has 1 aromatic heterocycles. The van der Waals surface area contributed by atoms with Gasteiger partial charge in [-0.3, -0.25) is 4.99 Å². The third-order valence-corrected chi connectivity index (χ3v) is 4.76. The van der Waals surface area contributed by atoms with Crippen LogP contribution in [0.1, 0.15) is 18.2 Å². The molecule has 2 heterocycles. The van der Waals surface area contributed by atoms with Crippen molar-refractivity contribution >= 4 is 17.3 Å². The van der Waals surface area contributed by atoms with E-state index in [1.54, 1.807) is 0 Å². The normalized spacial score (nSPS) is 23.1. The lowest BCUT2D eigenvalue weighted by Crippen LogP contribution is -2.44. The number of hydrogen-bond acceptors (Lipinski definition) is 3. The number of likely N-dealkylation sites (N-methyl/N-ethyl adjacent to an activating group) is 1. The highest BCUT2D eigenvalue weighted by Gasteiger charge is 2.29. The van der Waals surface area contributed by atoms with Gasteiger partial charge in [-0.05, 0) is 24.3 Å². The van der Waals surface area contributed by atoms with Gasteiger partial charge in [-0.25, -0.2) is 0 Å². The number of nitrogens with zero attached hydrogens (tertiary/aromatic N) is 2. The van der Waals surface area contributed by atoms with E-state index >= 15 is 0 Å².